The highest BCUT2D eigenvalue weighted by Crippen LogP contribution is 2.09. The van der Waals surface area contributed by atoms with Crippen LogP contribution in [0.2, 0.25) is 0 Å². The fraction of sp³-hybridized carbons (Fsp3) is 0.810. The van der Waals surface area contributed by atoms with Crippen molar-refractivity contribution in [3.63, 3.8) is 0 Å². The maximum atomic E-state index is 10.3. The van der Waals surface area contributed by atoms with E-state index in [2.05, 4.69) is 19.1 Å². The fourth-order valence-corrected chi connectivity index (χ4v) is 2.35. The Morgan fingerprint density at radius 3 is 1.58 bits per heavy atom. The maximum absolute atomic E-state index is 10.3. The molecule has 0 saturated heterocycles. The van der Waals surface area contributed by atoms with Gasteiger partial charge >= 0.3 is 11.9 Å². The first-order valence-corrected chi connectivity index (χ1v) is 10.3. The van der Waals surface area contributed by atoms with Gasteiger partial charge in [0.15, 0.2) is 0 Å². The number of carboxylic acids is 2. The van der Waals surface area contributed by atoms with E-state index >= 15 is 0 Å². The second-order valence-electron chi connectivity index (χ2n) is 6.85. The number of rotatable bonds is 16. The molecule has 0 aliphatic carbocycles. The first-order valence-electron chi connectivity index (χ1n) is 10.3. The van der Waals surface area contributed by atoms with E-state index in [0.717, 1.165) is 12.8 Å². The van der Waals surface area contributed by atoms with E-state index in [9.17, 15) is 9.59 Å². The van der Waals surface area contributed by atoms with Crippen molar-refractivity contribution in [3.8, 4) is 0 Å². The van der Waals surface area contributed by atoms with Crippen LogP contribution in [-0.4, -0.2) is 28.2 Å². The Balaban J connectivity index is 0. The number of carbonyl (C=O) groups is 2. The molecule has 0 unspecified atom stereocenters. The van der Waals surface area contributed by atoms with E-state index in [1.165, 1.54) is 77.6 Å². The van der Waals surface area contributed by atoms with Crippen LogP contribution in [0, 0.1) is 0 Å². The van der Waals surface area contributed by atoms with E-state index in [1.807, 2.05) is 0 Å². The van der Waals surface area contributed by atoms with E-state index in [4.69, 9.17) is 15.9 Å². The zero-order valence-electron chi connectivity index (χ0n) is 16.9. The number of carboxylic acid groups (broad SMARTS) is 2. The molecule has 0 aromatic rings. The highest BCUT2D eigenvalue weighted by molar-refractivity contribution is 5.72. The molecule has 0 aromatic heterocycles. The molecule has 26 heavy (non-hydrogen) atoms. The lowest BCUT2D eigenvalue weighted by atomic mass is 10.1. The topological polar surface area (TPSA) is 101 Å². The van der Waals surface area contributed by atoms with Crippen LogP contribution in [0.4, 0.5) is 0 Å². The van der Waals surface area contributed by atoms with Gasteiger partial charge in [-0.3, -0.25) is 9.59 Å². The standard InChI is InChI=1S/C18H34O2.C3H7NO2/c1-2-3-4-5-6-7-8-9-10-11-12-13-14-15-16-17-18(19)20;1-2(4)3(5)6/h9-10H,2-8,11-17H2,1H3,(H,19,20);2H,4H2,1H3,(H,5,6)/b10-9-;/t;2-/m.0/s1. The second-order valence-corrected chi connectivity index (χ2v) is 6.85. The Morgan fingerprint density at radius 1 is 0.808 bits per heavy atom. The predicted octanol–water partition coefficient (Wildman–Crippen LogP) is 5.53. The molecule has 0 aromatic carbocycles. The molecule has 0 fully saturated rings. The minimum atomic E-state index is -0.963. The Bertz CT molecular complexity index is 354. The molecule has 1 atom stereocenters. The monoisotopic (exact) mass is 371 g/mol. The van der Waals surface area contributed by atoms with Crippen molar-refractivity contribution < 1.29 is 19.8 Å². The molecule has 0 radical (unpaired) electrons. The van der Waals surface area contributed by atoms with Crippen LogP contribution in [-0.2, 0) is 9.59 Å². The summed E-state index contributed by atoms with van der Waals surface area (Å²) >= 11 is 0. The van der Waals surface area contributed by atoms with Gasteiger partial charge in [-0.15, -0.1) is 0 Å². The molecule has 0 saturated carbocycles. The summed E-state index contributed by atoms with van der Waals surface area (Å²) < 4.78 is 0. The number of unbranched alkanes of at least 4 members (excludes halogenated alkanes) is 11. The van der Waals surface area contributed by atoms with E-state index in [1.54, 1.807) is 0 Å². The smallest absolute Gasteiger partial charge is 0.320 e. The van der Waals surface area contributed by atoms with Crippen molar-refractivity contribution in [2.45, 2.75) is 110 Å². The van der Waals surface area contributed by atoms with E-state index < -0.39 is 18.0 Å². The molecule has 4 N–H and O–H groups in total. The fourth-order valence-electron chi connectivity index (χ4n) is 2.35. The molecular formula is C21H41NO4. The lowest BCUT2D eigenvalue weighted by Crippen LogP contribution is -2.25. The predicted molar refractivity (Wildman–Crippen MR) is 108 cm³/mol. The van der Waals surface area contributed by atoms with Crippen LogP contribution >= 0.6 is 0 Å². The van der Waals surface area contributed by atoms with Gasteiger partial charge in [-0.25, -0.2) is 0 Å². The molecular weight excluding hydrogens is 330 g/mol. The first kappa shape index (κ1) is 26.9. The third kappa shape index (κ3) is 27.5. The molecule has 0 aliphatic heterocycles. The molecule has 0 heterocycles. The summed E-state index contributed by atoms with van der Waals surface area (Å²) in [6, 6.07) is -0.731. The quantitative estimate of drug-likeness (QED) is 0.245. The van der Waals surface area contributed by atoms with Crippen molar-refractivity contribution in [3.05, 3.63) is 12.2 Å². The van der Waals surface area contributed by atoms with Gasteiger partial charge in [0.2, 0.25) is 0 Å². The van der Waals surface area contributed by atoms with Gasteiger partial charge in [0.05, 0.1) is 0 Å². The van der Waals surface area contributed by atoms with Crippen molar-refractivity contribution in [1.29, 1.82) is 0 Å². The first-order chi connectivity index (χ1) is 12.4. The van der Waals surface area contributed by atoms with Crippen LogP contribution in [0.5, 0.6) is 0 Å². The lowest BCUT2D eigenvalue weighted by molar-refractivity contribution is -0.138. The van der Waals surface area contributed by atoms with Gasteiger partial charge in [0.25, 0.3) is 0 Å². The summed E-state index contributed by atoms with van der Waals surface area (Å²) in [6.07, 6.45) is 21.2. The second kappa shape index (κ2) is 21.7. The zero-order chi connectivity index (χ0) is 20.0. The van der Waals surface area contributed by atoms with Gasteiger partial charge in [0, 0.05) is 6.42 Å². The lowest BCUT2D eigenvalue weighted by Gasteiger charge is -1.99. The summed E-state index contributed by atoms with van der Waals surface area (Å²) in [6.45, 7) is 3.68. The number of nitrogens with two attached hydrogens (primary N) is 1. The normalized spacial score (nSPS) is 11.8. The largest absolute Gasteiger partial charge is 0.481 e. The van der Waals surface area contributed by atoms with Crippen LogP contribution in [0.25, 0.3) is 0 Å². The molecule has 5 heteroatoms. The van der Waals surface area contributed by atoms with Gasteiger partial charge in [-0.05, 0) is 39.0 Å². The van der Waals surface area contributed by atoms with Gasteiger partial charge < -0.3 is 15.9 Å². The van der Waals surface area contributed by atoms with Crippen LogP contribution in [0.1, 0.15) is 104 Å². The molecule has 0 aliphatic rings. The molecule has 154 valence electrons. The zero-order valence-corrected chi connectivity index (χ0v) is 16.9. The summed E-state index contributed by atoms with van der Waals surface area (Å²) in [5, 5.41) is 16.4. The summed E-state index contributed by atoms with van der Waals surface area (Å²) in [5.74, 6) is -1.63. The number of allylic oxidation sites excluding steroid dienone is 2. The SMILES string of the molecule is CCCCCCCC/C=C\CCCCCCCC(=O)O.C[C@H](N)C(=O)O. The third-order valence-corrected chi connectivity index (χ3v) is 4.04. The van der Waals surface area contributed by atoms with Crippen molar-refractivity contribution in [1.82, 2.24) is 0 Å². The Kier molecular flexibility index (Phi) is 22.4. The van der Waals surface area contributed by atoms with Crippen LogP contribution < -0.4 is 5.73 Å². The minimum absolute atomic E-state index is 0.332. The number of hydrogen-bond donors (Lipinski definition) is 3. The number of aliphatic carboxylic acids is 2. The minimum Gasteiger partial charge on any atom is -0.481 e. The summed E-state index contributed by atoms with van der Waals surface area (Å²) in [4.78, 5) is 19.9. The maximum Gasteiger partial charge on any atom is 0.320 e. The summed E-state index contributed by atoms with van der Waals surface area (Å²) in [5.41, 5.74) is 4.84. The molecule has 0 amide bonds. The molecule has 0 bridgehead atoms. The van der Waals surface area contributed by atoms with Gasteiger partial charge in [-0.2, -0.15) is 0 Å². The highest BCUT2D eigenvalue weighted by atomic mass is 16.4. The third-order valence-electron chi connectivity index (χ3n) is 4.04. The van der Waals surface area contributed by atoms with Crippen molar-refractivity contribution >= 4 is 11.9 Å². The van der Waals surface area contributed by atoms with E-state index in [-0.39, 0.29) is 0 Å². The molecule has 0 rings (SSSR count). The van der Waals surface area contributed by atoms with Crippen molar-refractivity contribution in [2.75, 3.05) is 0 Å². The van der Waals surface area contributed by atoms with Crippen molar-refractivity contribution in [2.24, 2.45) is 5.73 Å². The Morgan fingerprint density at radius 2 is 1.19 bits per heavy atom. The average Bonchev–Trinajstić information content (AvgIpc) is 2.58. The summed E-state index contributed by atoms with van der Waals surface area (Å²) in [7, 11) is 0. The van der Waals surface area contributed by atoms with Gasteiger partial charge in [-0.1, -0.05) is 70.4 Å². The van der Waals surface area contributed by atoms with Crippen LogP contribution in [0.3, 0.4) is 0 Å². The van der Waals surface area contributed by atoms with E-state index in [0.29, 0.717) is 6.42 Å². The number of hydrogen-bond acceptors (Lipinski definition) is 3. The van der Waals surface area contributed by atoms with Crippen LogP contribution in [0.15, 0.2) is 12.2 Å². The Labute approximate surface area is 160 Å². The van der Waals surface area contributed by atoms with Gasteiger partial charge in [0.1, 0.15) is 6.04 Å². The molecule has 0 spiro atoms. The highest BCUT2D eigenvalue weighted by Gasteiger charge is 1.99. The average molecular weight is 372 g/mol. The Hall–Kier alpha value is -1.36. The molecule has 5 nitrogen and oxygen atoms in total.